The Kier molecular flexibility index (Phi) is 5.18. The largest absolute Gasteiger partial charge is 0.491 e. The maximum absolute atomic E-state index is 13.0. The molecule has 2 heterocycles. The van der Waals surface area contributed by atoms with Gasteiger partial charge in [0.25, 0.3) is 10.0 Å². The van der Waals surface area contributed by atoms with Gasteiger partial charge in [0.1, 0.15) is 12.4 Å². The second kappa shape index (κ2) is 7.74. The lowest BCUT2D eigenvalue weighted by Crippen LogP contribution is -2.33. The van der Waals surface area contributed by atoms with Crippen LogP contribution in [-0.2, 0) is 10.0 Å². The molecule has 0 aliphatic carbocycles. The molecule has 0 radical (unpaired) electrons. The quantitative estimate of drug-likeness (QED) is 0.727. The van der Waals surface area contributed by atoms with Gasteiger partial charge in [0.05, 0.1) is 10.4 Å². The van der Waals surface area contributed by atoms with Crippen molar-refractivity contribution >= 4 is 20.9 Å². The lowest BCUT2D eigenvalue weighted by atomic mass is 10.1. The molecule has 142 valence electrons. The summed E-state index contributed by atoms with van der Waals surface area (Å²) in [5.74, 6) is 0.723. The second-order valence-electron chi connectivity index (χ2n) is 6.93. The summed E-state index contributed by atoms with van der Waals surface area (Å²) in [6.07, 6.45) is 6.41. The van der Waals surface area contributed by atoms with Crippen LogP contribution >= 0.6 is 0 Å². The van der Waals surface area contributed by atoms with Crippen molar-refractivity contribution in [3.8, 4) is 5.75 Å². The first-order valence-corrected chi connectivity index (χ1v) is 10.9. The normalized spacial score (nSPS) is 18.3. The minimum absolute atomic E-state index is 0.275. The number of benzene rings is 2. The van der Waals surface area contributed by atoms with Gasteiger partial charge in [0.2, 0.25) is 0 Å². The third kappa shape index (κ3) is 3.73. The smallest absolute Gasteiger partial charge is 0.268 e. The summed E-state index contributed by atoms with van der Waals surface area (Å²) in [6.45, 7) is 1.62. The van der Waals surface area contributed by atoms with E-state index in [2.05, 4.69) is 5.32 Å². The molecule has 27 heavy (non-hydrogen) atoms. The van der Waals surface area contributed by atoms with E-state index in [1.165, 1.54) is 23.2 Å². The molecule has 0 spiro atoms. The predicted molar refractivity (Wildman–Crippen MR) is 107 cm³/mol. The van der Waals surface area contributed by atoms with E-state index in [4.69, 9.17) is 4.74 Å². The van der Waals surface area contributed by atoms with Gasteiger partial charge in [-0.25, -0.2) is 12.4 Å². The van der Waals surface area contributed by atoms with Crippen LogP contribution in [0.4, 0.5) is 0 Å². The van der Waals surface area contributed by atoms with Crippen molar-refractivity contribution in [1.29, 1.82) is 0 Å². The maximum Gasteiger partial charge on any atom is 0.268 e. The zero-order chi connectivity index (χ0) is 18.7. The monoisotopic (exact) mass is 384 g/mol. The average Bonchev–Trinajstić information content (AvgIpc) is 2.97. The van der Waals surface area contributed by atoms with E-state index >= 15 is 0 Å². The van der Waals surface area contributed by atoms with Gasteiger partial charge >= 0.3 is 0 Å². The SMILES string of the molecule is O=S(=O)(c1ccccc1)n1ccc2c(OCC3CCCCCN3)cccc21. The Labute approximate surface area is 160 Å². The topological polar surface area (TPSA) is 60.3 Å². The van der Waals surface area contributed by atoms with Gasteiger partial charge in [0, 0.05) is 17.6 Å². The lowest BCUT2D eigenvalue weighted by Gasteiger charge is -2.17. The summed E-state index contributed by atoms with van der Waals surface area (Å²) < 4.78 is 33.4. The van der Waals surface area contributed by atoms with E-state index in [1.807, 2.05) is 24.3 Å². The summed E-state index contributed by atoms with van der Waals surface area (Å²) in [6, 6.07) is 16.2. The third-order valence-electron chi connectivity index (χ3n) is 5.06. The van der Waals surface area contributed by atoms with Gasteiger partial charge in [-0.15, -0.1) is 0 Å². The molecule has 1 N–H and O–H groups in total. The molecule has 3 aromatic rings. The molecule has 1 aliphatic rings. The van der Waals surface area contributed by atoms with Gasteiger partial charge in [-0.1, -0.05) is 37.1 Å². The molecule has 1 unspecified atom stereocenters. The lowest BCUT2D eigenvalue weighted by molar-refractivity contribution is 0.264. The van der Waals surface area contributed by atoms with Crippen LogP contribution in [0.25, 0.3) is 10.9 Å². The molecule has 6 heteroatoms. The molecular weight excluding hydrogens is 360 g/mol. The van der Waals surface area contributed by atoms with Crippen LogP contribution in [0.1, 0.15) is 25.7 Å². The Morgan fingerprint density at radius 1 is 1.00 bits per heavy atom. The van der Waals surface area contributed by atoms with Gasteiger partial charge in [-0.2, -0.15) is 0 Å². The molecule has 0 amide bonds. The van der Waals surface area contributed by atoms with Crippen molar-refractivity contribution < 1.29 is 13.2 Å². The molecule has 5 nitrogen and oxygen atoms in total. The van der Waals surface area contributed by atoms with Gasteiger partial charge < -0.3 is 10.1 Å². The number of ether oxygens (including phenoxy) is 1. The zero-order valence-electron chi connectivity index (χ0n) is 15.2. The van der Waals surface area contributed by atoms with Crippen molar-refractivity contribution in [3.63, 3.8) is 0 Å². The van der Waals surface area contributed by atoms with E-state index in [0.717, 1.165) is 24.1 Å². The van der Waals surface area contributed by atoms with Gasteiger partial charge in [0.15, 0.2) is 0 Å². The number of hydrogen-bond acceptors (Lipinski definition) is 4. The highest BCUT2D eigenvalue weighted by molar-refractivity contribution is 7.90. The molecule has 2 aromatic carbocycles. The first-order valence-electron chi connectivity index (χ1n) is 9.43. The predicted octanol–water partition coefficient (Wildman–Crippen LogP) is 3.79. The Bertz CT molecular complexity index is 1000. The summed E-state index contributed by atoms with van der Waals surface area (Å²) in [4.78, 5) is 0.275. The summed E-state index contributed by atoms with van der Waals surface area (Å²) in [5, 5.41) is 4.34. The number of fused-ring (bicyclic) bond motifs is 1. The van der Waals surface area contributed by atoms with Crippen molar-refractivity contribution in [2.45, 2.75) is 36.6 Å². The van der Waals surface area contributed by atoms with Crippen LogP contribution < -0.4 is 10.1 Å². The highest BCUT2D eigenvalue weighted by Crippen LogP contribution is 2.29. The summed E-state index contributed by atoms with van der Waals surface area (Å²) >= 11 is 0. The fourth-order valence-corrected chi connectivity index (χ4v) is 4.96. The number of nitrogens with one attached hydrogen (secondary N) is 1. The maximum atomic E-state index is 13.0. The standard InChI is InChI=1S/C21H24N2O3S/c24-27(25,18-9-4-1-5-10-18)23-15-13-19-20(23)11-7-12-21(19)26-16-17-8-3-2-6-14-22-17/h1,4-5,7,9-13,15,17,22H,2-3,6,8,14,16H2. The molecule has 1 aliphatic heterocycles. The summed E-state index contributed by atoms with van der Waals surface area (Å²) in [5.41, 5.74) is 0.630. The highest BCUT2D eigenvalue weighted by atomic mass is 32.2. The van der Waals surface area contributed by atoms with Crippen molar-refractivity contribution in [1.82, 2.24) is 9.29 Å². The van der Waals surface area contributed by atoms with Crippen LogP contribution in [0.15, 0.2) is 65.7 Å². The van der Waals surface area contributed by atoms with Gasteiger partial charge in [-0.3, -0.25) is 0 Å². The Morgan fingerprint density at radius 3 is 2.70 bits per heavy atom. The molecule has 4 rings (SSSR count). The van der Waals surface area contributed by atoms with Crippen molar-refractivity contribution in [3.05, 3.63) is 60.8 Å². The molecule has 1 atom stereocenters. The fourth-order valence-electron chi connectivity index (χ4n) is 3.59. The molecule has 1 fully saturated rings. The molecule has 0 bridgehead atoms. The average molecular weight is 385 g/mol. The molecule has 1 saturated heterocycles. The van der Waals surface area contributed by atoms with E-state index < -0.39 is 10.0 Å². The fraction of sp³-hybridized carbons (Fsp3) is 0.333. The van der Waals surface area contributed by atoms with Crippen molar-refractivity contribution in [2.24, 2.45) is 0 Å². The molecule has 1 aromatic heterocycles. The summed E-state index contributed by atoms with van der Waals surface area (Å²) in [7, 11) is -3.63. The van der Waals surface area contributed by atoms with Crippen LogP contribution in [0.3, 0.4) is 0 Å². The number of nitrogens with zero attached hydrogens (tertiary/aromatic N) is 1. The zero-order valence-corrected chi connectivity index (χ0v) is 16.0. The third-order valence-corrected chi connectivity index (χ3v) is 6.76. The van der Waals surface area contributed by atoms with Crippen molar-refractivity contribution in [2.75, 3.05) is 13.2 Å². The Hall–Kier alpha value is -2.31. The van der Waals surface area contributed by atoms with Crippen LogP contribution in [-0.4, -0.2) is 31.6 Å². The number of rotatable bonds is 5. The first kappa shape index (κ1) is 18.1. The molecule has 0 saturated carbocycles. The minimum atomic E-state index is -3.63. The minimum Gasteiger partial charge on any atom is -0.491 e. The first-order chi connectivity index (χ1) is 13.2. The Morgan fingerprint density at radius 2 is 1.85 bits per heavy atom. The Balaban J connectivity index is 1.62. The van der Waals surface area contributed by atoms with Gasteiger partial charge in [-0.05, 0) is 49.7 Å². The van der Waals surface area contributed by atoms with E-state index in [0.29, 0.717) is 18.2 Å². The number of aromatic nitrogens is 1. The van der Waals surface area contributed by atoms with E-state index in [1.54, 1.807) is 36.5 Å². The van der Waals surface area contributed by atoms with E-state index in [-0.39, 0.29) is 4.90 Å². The second-order valence-corrected chi connectivity index (χ2v) is 8.74. The molecular formula is C21H24N2O3S. The van der Waals surface area contributed by atoms with Crippen LogP contribution in [0.5, 0.6) is 5.75 Å². The van der Waals surface area contributed by atoms with E-state index in [9.17, 15) is 8.42 Å². The van der Waals surface area contributed by atoms with Crippen LogP contribution in [0, 0.1) is 0 Å². The van der Waals surface area contributed by atoms with Crippen LogP contribution in [0.2, 0.25) is 0 Å². The highest BCUT2D eigenvalue weighted by Gasteiger charge is 2.20. The number of hydrogen-bond donors (Lipinski definition) is 1.